The van der Waals surface area contributed by atoms with E-state index in [0.717, 1.165) is 5.56 Å². The predicted octanol–water partition coefficient (Wildman–Crippen LogP) is 3.88. The molecule has 1 saturated heterocycles. The number of amides is 2. The molecule has 27 heavy (non-hydrogen) atoms. The van der Waals surface area contributed by atoms with E-state index in [-0.39, 0.29) is 24.8 Å². The van der Waals surface area contributed by atoms with Gasteiger partial charge >= 0.3 is 5.97 Å². The van der Waals surface area contributed by atoms with Gasteiger partial charge in [0.1, 0.15) is 4.88 Å². The van der Waals surface area contributed by atoms with Gasteiger partial charge in [-0.1, -0.05) is 23.7 Å². The predicted molar refractivity (Wildman–Crippen MR) is 106 cm³/mol. The molecule has 1 aromatic heterocycles. The summed E-state index contributed by atoms with van der Waals surface area (Å²) < 4.78 is 5.01. The SMILES string of the molecule is CCOC(=O)c1sc(NC(=O)C2CC(=O)N(c3ccccc3Cl)C2)cc1C. The van der Waals surface area contributed by atoms with Gasteiger partial charge in [0.05, 0.1) is 28.2 Å². The van der Waals surface area contributed by atoms with Crippen LogP contribution in [-0.4, -0.2) is 30.9 Å². The normalized spacial score (nSPS) is 16.5. The Labute approximate surface area is 166 Å². The molecule has 2 aromatic rings. The molecule has 1 aliphatic rings. The molecule has 0 spiro atoms. The van der Waals surface area contributed by atoms with Crippen molar-refractivity contribution in [3.63, 3.8) is 0 Å². The summed E-state index contributed by atoms with van der Waals surface area (Å²) in [6, 6.07) is 8.79. The highest BCUT2D eigenvalue weighted by Crippen LogP contribution is 2.32. The summed E-state index contributed by atoms with van der Waals surface area (Å²) in [6.45, 7) is 4.09. The molecular formula is C19H19ClN2O4S. The fourth-order valence-corrected chi connectivity index (χ4v) is 4.16. The van der Waals surface area contributed by atoms with Crippen molar-refractivity contribution in [2.75, 3.05) is 23.4 Å². The van der Waals surface area contributed by atoms with Crippen molar-refractivity contribution in [2.24, 2.45) is 5.92 Å². The summed E-state index contributed by atoms with van der Waals surface area (Å²) in [7, 11) is 0. The molecule has 1 aromatic carbocycles. The van der Waals surface area contributed by atoms with E-state index in [1.807, 2.05) is 0 Å². The Morgan fingerprint density at radius 2 is 2.11 bits per heavy atom. The van der Waals surface area contributed by atoms with Crippen LogP contribution < -0.4 is 10.2 Å². The van der Waals surface area contributed by atoms with E-state index < -0.39 is 11.9 Å². The lowest BCUT2D eigenvalue weighted by atomic mass is 10.1. The number of benzene rings is 1. The van der Waals surface area contributed by atoms with Crippen LogP contribution in [0.5, 0.6) is 0 Å². The second kappa shape index (κ2) is 8.10. The van der Waals surface area contributed by atoms with Crippen LogP contribution in [-0.2, 0) is 14.3 Å². The number of hydrogen-bond donors (Lipinski definition) is 1. The van der Waals surface area contributed by atoms with Gasteiger partial charge in [0.15, 0.2) is 0 Å². The number of carbonyl (C=O) groups is 3. The Morgan fingerprint density at radius 1 is 1.37 bits per heavy atom. The third-order valence-corrected chi connectivity index (χ3v) is 5.72. The lowest BCUT2D eigenvalue weighted by Crippen LogP contribution is -2.28. The number of halogens is 1. The van der Waals surface area contributed by atoms with Crippen molar-refractivity contribution < 1.29 is 19.1 Å². The van der Waals surface area contributed by atoms with Gasteiger partial charge < -0.3 is 15.0 Å². The van der Waals surface area contributed by atoms with E-state index in [0.29, 0.717) is 27.2 Å². The Kier molecular flexibility index (Phi) is 5.82. The maximum atomic E-state index is 12.6. The number of esters is 1. The van der Waals surface area contributed by atoms with E-state index >= 15 is 0 Å². The number of aryl methyl sites for hydroxylation is 1. The maximum absolute atomic E-state index is 12.6. The van der Waals surface area contributed by atoms with Crippen molar-refractivity contribution in [3.8, 4) is 0 Å². The van der Waals surface area contributed by atoms with Gasteiger partial charge in [0.25, 0.3) is 0 Å². The van der Waals surface area contributed by atoms with Crippen molar-refractivity contribution in [1.29, 1.82) is 0 Å². The molecule has 1 atom stereocenters. The monoisotopic (exact) mass is 406 g/mol. The summed E-state index contributed by atoms with van der Waals surface area (Å²) in [5, 5.41) is 3.84. The molecule has 1 N–H and O–H groups in total. The van der Waals surface area contributed by atoms with E-state index in [4.69, 9.17) is 16.3 Å². The first-order valence-corrected chi connectivity index (χ1v) is 9.73. The molecule has 1 fully saturated rings. The first kappa shape index (κ1) is 19.4. The zero-order chi connectivity index (χ0) is 19.6. The molecule has 0 radical (unpaired) electrons. The molecule has 0 saturated carbocycles. The minimum absolute atomic E-state index is 0.117. The highest BCUT2D eigenvalue weighted by atomic mass is 35.5. The van der Waals surface area contributed by atoms with Gasteiger partial charge in [0.2, 0.25) is 11.8 Å². The molecule has 3 rings (SSSR count). The molecule has 0 aliphatic carbocycles. The first-order valence-electron chi connectivity index (χ1n) is 8.54. The van der Waals surface area contributed by atoms with Crippen LogP contribution in [0.25, 0.3) is 0 Å². The Morgan fingerprint density at radius 3 is 2.81 bits per heavy atom. The highest BCUT2D eigenvalue weighted by Gasteiger charge is 2.36. The maximum Gasteiger partial charge on any atom is 0.348 e. The summed E-state index contributed by atoms with van der Waals surface area (Å²) in [5.41, 5.74) is 1.35. The van der Waals surface area contributed by atoms with E-state index in [1.165, 1.54) is 16.2 Å². The molecule has 1 unspecified atom stereocenters. The number of nitrogens with one attached hydrogen (secondary N) is 1. The summed E-state index contributed by atoms with van der Waals surface area (Å²) >= 11 is 7.33. The van der Waals surface area contributed by atoms with Gasteiger partial charge in [-0.25, -0.2) is 4.79 Å². The van der Waals surface area contributed by atoms with Crippen molar-refractivity contribution in [1.82, 2.24) is 0 Å². The zero-order valence-corrected chi connectivity index (χ0v) is 16.5. The Hall–Kier alpha value is -2.38. The smallest absolute Gasteiger partial charge is 0.348 e. The third kappa shape index (κ3) is 4.14. The van der Waals surface area contributed by atoms with Crippen molar-refractivity contribution in [3.05, 3.63) is 45.8 Å². The molecule has 1 aliphatic heterocycles. The topological polar surface area (TPSA) is 75.7 Å². The minimum atomic E-state index is -0.484. The van der Waals surface area contributed by atoms with Crippen LogP contribution in [0.4, 0.5) is 10.7 Å². The molecule has 8 heteroatoms. The van der Waals surface area contributed by atoms with Gasteiger partial charge in [-0.15, -0.1) is 11.3 Å². The van der Waals surface area contributed by atoms with Gasteiger partial charge in [-0.2, -0.15) is 0 Å². The molecular weight excluding hydrogens is 388 g/mol. The number of nitrogens with zero attached hydrogens (tertiary/aromatic N) is 1. The number of ether oxygens (including phenoxy) is 1. The average molecular weight is 407 g/mol. The summed E-state index contributed by atoms with van der Waals surface area (Å²) in [4.78, 5) is 38.9. The number of rotatable bonds is 5. The van der Waals surface area contributed by atoms with Crippen molar-refractivity contribution >= 4 is 51.4 Å². The quantitative estimate of drug-likeness (QED) is 0.764. The molecule has 2 heterocycles. The van der Waals surface area contributed by atoms with Crippen LogP contribution in [0.1, 0.15) is 28.6 Å². The minimum Gasteiger partial charge on any atom is -0.462 e. The first-order chi connectivity index (χ1) is 12.9. The number of thiophene rings is 1. The second-order valence-corrected chi connectivity index (χ2v) is 7.65. The number of hydrogen-bond acceptors (Lipinski definition) is 5. The van der Waals surface area contributed by atoms with Crippen LogP contribution in [0.15, 0.2) is 30.3 Å². The number of carbonyl (C=O) groups excluding carboxylic acids is 3. The standard InChI is InChI=1S/C19H19ClN2O4S/c1-3-26-19(25)17-11(2)8-15(27-17)21-18(24)12-9-16(23)22(10-12)14-7-5-4-6-13(14)20/h4-8,12H,3,9-10H2,1-2H3,(H,21,24). The van der Waals surface area contributed by atoms with Crippen LogP contribution in [0, 0.1) is 12.8 Å². The summed E-state index contributed by atoms with van der Waals surface area (Å²) in [6.07, 6.45) is 0.117. The Balaban J connectivity index is 1.69. The number of anilines is 2. The lowest BCUT2D eigenvalue weighted by Gasteiger charge is -2.17. The van der Waals surface area contributed by atoms with Gasteiger partial charge in [0, 0.05) is 13.0 Å². The number of para-hydroxylation sites is 1. The van der Waals surface area contributed by atoms with E-state index in [9.17, 15) is 14.4 Å². The lowest BCUT2D eigenvalue weighted by molar-refractivity contribution is -0.122. The van der Waals surface area contributed by atoms with Gasteiger partial charge in [-0.05, 0) is 37.6 Å². The fourth-order valence-electron chi connectivity index (χ4n) is 2.95. The summed E-state index contributed by atoms with van der Waals surface area (Å²) in [5.74, 6) is -1.28. The van der Waals surface area contributed by atoms with Crippen molar-refractivity contribution in [2.45, 2.75) is 20.3 Å². The molecule has 142 valence electrons. The van der Waals surface area contributed by atoms with Gasteiger partial charge in [-0.3, -0.25) is 9.59 Å². The molecule has 6 nitrogen and oxygen atoms in total. The molecule has 2 amide bonds. The third-order valence-electron chi connectivity index (χ3n) is 4.26. The Bertz CT molecular complexity index is 896. The fraction of sp³-hybridized carbons (Fsp3) is 0.316. The molecule has 0 bridgehead atoms. The van der Waals surface area contributed by atoms with E-state index in [2.05, 4.69) is 5.32 Å². The van der Waals surface area contributed by atoms with Crippen LogP contribution >= 0.6 is 22.9 Å². The largest absolute Gasteiger partial charge is 0.462 e. The zero-order valence-electron chi connectivity index (χ0n) is 15.0. The van der Waals surface area contributed by atoms with Crippen LogP contribution in [0.3, 0.4) is 0 Å². The second-order valence-electron chi connectivity index (χ2n) is 6.19. The van der Waals surface area contributed by atoms with E-state index in [1.54, 1.807) is 44.2 Å². The average Bonchev–Trinajstić information content (AvgIpc) is 3.18. The highest BCUT2D eigenvalue weighted by molar-refractivity contribution is 7.18. The van der Waals surface area contributed by atoms with Crippen LogP contribution in [0.2, 0.25) is 5.02 Å².